The van der Waals surface area contributed by atoms with Crippen LogP contribution in [0.15, 0.2) is 18.2 Å². The Kier molecular flexibility index (Phi) is 13.3. The van der Waals surface area contributed by atoms with Gasteiger partial charge in [0.15, 0.2) is 0 Å². The molecule has 2 bridgehead atoms. The minimum atomic E-state index is -4.67. The van der Waals surface area contributed by atoms with Crippen LogP contribution < -0.4 is 24.8 Å². The molecule has 3 aliphatic carbocycles. The molecular formula is C43H57F5N6O9S. The van der Waals surface area contributed by atoms with Gasteiger partial charge >= 0.3 is 12.3 Å². The molecule has 1 saturated heterocycles. The minimum Gasteiger partial charge on any atom is -0.497 e. The number of halogens is 5. The SMILES string of the molecule is CC[C@@H]1[C@@H]2CN(C(=O)[C@H](C(C)(C)C)NC(=O)O[C@H]3[C@H](CCCCCc4nc5ccc(OC)cc5nc4O2)CCC[C@H]3C(F)(F)F)[C@@H]1C(=O)N[C@]1(C(=O)NS(=O)(=O)C2CC2)C[C@H]1C(F)F. The van der Waals surface area contributed by atoms with Gasteiger partial charge in [0.05, 0.1) is 41.8 Å². The van der Waals surface area contributed by atoms with Gasteiger partial charge < -0.3 is 29.7 Å². The Morgan fingerprint density at radius 2 is 1.72 bits per heavy atom. The standard InChI is InChI=1S/C43H57F5N6O9S/c1-6-25-31-21-54(32(25)36(55)52-42(20-27(42)35(44)45)39(57)53-64(59,60)24-16-17-24)38(56)34(41(2,3)4)51-40(58)63-33-22(12-10-13-26(33)43(46,47)48)11-8-7-9-14-29-37(62-31)50-30-19-23(61-5)15-18-28(30)49-29/h15,18-19,22,24-27,31-35H,6-14,16-17,20-21H2,1-5H3,(H,51,58)(H,52,55)(H,53,57)/t22-,25-,26-,27+,31+,32+,33+,34-,42-/m1/s1. The van der Waals surface area contributed by atoms with E-state index in [2.05, 4.69) is 10.6 Å². The van der Waals surface area contributed by atoms with Crippen LogP contribution in [-0.2, 0) is 35.6 Å². The highest BCUT2D eigenvalue weighted by molar-refractivity contribution is 7.91. The third-order valence-electron chi connectivity index (χ3n) is 13.5. The van der Waals surface area contributed by atoms with Crippen molar-refractivity contribution in [3.8, 4) is 11.6 Å². The van der Waals surface area contributed by atoms with E-state index in [0.29, 0.717) is 61.0 Å². The molecular weight excluding hydrogens is 872 g/mol. The Labute approximate surface area is 368 Å². The summed E-state index contributed by atoms with van der Waals surface area (Å²) < 4.78 is 118. The summed E-state index contributed by atoms with van der Waals surface area (Å²) in [6.45, 7) is 6.18. The lowest BCUT2D eigenvalue weighted by molar-refractivity contribution is -0.216. The molecule has 4 fully saturated rings. The number of carbonyl (C=O) groups is 4. The number of sulfonamides is 1. The van der Waals surface area contributed by atoms with E-state index in [1.807, 2.05) is 4.72 Å². The number of aromatic nitrogens is 2. The van der Waals surface area contributed by atoms with Gasteiger partial charge in [-0.2, -0.15) is 13.2 Å². The van der Waals surface area contributed by atoms with Gasteiger partial charge in [-0.1, -0.05) is 47.0 Å². The van der Waals surface area contributed by atoms with Crippen LogP contribution >= 0.6 is 0 Å². The molecule has 3 saturated carbocycles. The summed E-state index contributed by atoms with van der Waals surface area (Å²) in [6.07, 6.45) is -8.73. The first-order valence-electron chi connectivity index (χ1n) is 22.1. The van der Waals surface area contributed by atoms with Crippen molar-refractivity contribution in [2.75, 3.05) is 13.7 Å². The molecule has 7 rings (SSSR count). The smallest absolute Gasteiger partial charge is 0.408 e. The number of nitrogens with one attached hydrogen (secondary N) is 3. The average Bonchev–Trinajstić information content (AvgIpc) is 4.15. The molecule has 1 aromatic heterocycles. The fraction of sp³-hybridized carbons (Fsp3) is 0.721. The Bertz CT molecular complexity index is 2220. The van der Waals surface area contributed by atoms with E-state index in [9.17, 15) is 44.8 Å². The number of fused-ring (bicyclic) bond motifs is 5. The van der Waals surface area contributed by atoms with Crippen LogP contribution in [0.3, 0.4) is 0 Å². The largest absolute Gasteiger partial charge is 0.497 e. The van der Waals surface area contributed by atoms with Crippen LogP contribution in [0.5, 0.6) is 11.6 Å². The lowest BCUT2D eigenvalue weighted by atomic mass is 9.76. The van der Waals surface area contributed by atoms with Crippen molar-refractivity contribution in [2.24, 2.45) is 29.1 Å². The molecule has 64 heavy (non-hydrogen) atoms. The molecule has 15 nitrogen and oxygen atoms in total. The van der Waals surface area contributed by atoms with Crippen LogP contribution in [0.1, 0.15) is 104 Å². The predicted molar refractivity (Wildman–Crippen MR) is 221 cm³/mol. The van der Waals surface area contributed by atoms with Crippen molar-refractivity contribution >= 4 is 44.9 Å². The van der Waals surface area contributed by atoms with Crippen molar-refractivity contribution in [2.45, 2.75) is 152 Å². The van der Waals surface area contributed by atoms with Gasteiger partial charge in [0.2, 0.25) is 34.1 Å². The Balaban J connectivity index is 1.30. The molecule has 0 radical (unpaired) electrons. The number of carbonyl (C=O) groups excluding carboxylic acids is 4. The molecule has 1 aromatic carbocycles. The fourth-order valence-electron chi connectivity index (χ4n) is 9.72. The summed E-state index contributed by atoms with van der Waals surface area (Å²) in [5, 5.41) is 4.08. The first-order valence-corrected chi connectivity index (χ1v) is 23.6. The number of benzene rings is 1. The zero-order valence-electron chi connectivity index (χ0n) is 36.5. The van der Waals surface area contributed by atoms with Crippen molar-refractivity contribution < 1.29 is 63.8 Å². The van der Waals surface area contributed by atoms with Gasteiger partial charge in [0.1, 0.15) is 41.3 Å². The van der Waals surface area contributed by atoms with Crippen molar-refractivity contribution in [3.63, 3.8) is 0 Å². The molecule has 9 atom stereocenters. The number of hydrogen-bond donors (Lipinski definition) is 3. The number of methoxy groups -OCH3 is 1. The number of aryl methyl sites for hydroxylation is 1. The van der Waals surface area contributed by atoms with Crippen molar-refractivity contribution in [1.82, 2.24) is 30.2 Å². The second-order valence-electron chi connectivity index (χ2n) is 19.0. The van der Waals surface area contributed by atoms with E-state index in [4.69, 9.17) is 24.2 Å². The lowest BCUT2D eigenvalue weighted by Crippen LogP contribution is -2.61. The van der Waals surface area contributed by atoms with Crippen LogP contribution in [0.4, 0.5) is 26.7 Å². The van der Waals surface area contributed by atoms with Gasteiger partial charge in [-0.05, 0) is 81.3 Å². The van der Waals surface area contributed by atoms with E-state index in [0.717, 1.165) is 4.90 Å². The van der Waals surface area contributed by atoms with Gasteiger partial charge in [-0.15, -0.1) is 0 Å². The first kappa shape index (κ1) is 47.4. The summed E-state index contributed by atoms with van der Waals surface area (Å²) in [5.41, 5.74) is -2.11. The maximum Gasteiger partial charge on any atom is 0.408 e. The highest BCUT2D eigenvalue weighted by atomic mass is 32.2. The highest BCUT2D eigenvalue weighted by Crippen LogP contribution is 2.49. The first-order chi connectivity index (χ1) is 30.1. The monoisotopic (exact) mass is 928 g/mol. The maximum atomic E-state index is 15.0. The molecule has 4 amide bonds. The zero-order chi connectivity index (χ0) is 46.5. The van der Waals surface area contributed by atoms with Crippen LogP contribution in [0.25, 0.3) is 11.0 Å². The molecule has 3 N–H and O–H groups in total. The molecule has 2 aromatic rings. The number of hydrogen-bond acceptors (Lipinski definition) is 11. The summed E-state index contributed by atoms with van der Waals surface area (Å²) in [4.78, 5) is 68.0. The zero-order valence-corrected chi connectivity index (χ0v) is 37.3. The highest BCUT2D eigenvalue weighted by Gasteiger charge is 2.67. The van der Waals surface area contributed by atoms with Crippen molar-refractivity contribution in [1.29, 1.82) is 0 Å². The van der Waals surface area contributed by atoms with Crippen molar-refractivity contribution in [3.05, 3.63) is 23.9 Å². The van der Waals surface area contributed by atoms with E-state index in [1.165, 1.54) is 7.11 Å². The number of alkyl halides is 5. The van der Waals surface area contributed by atoms with Gasteiger partial charge in [-0.25, -0.2) is 32.0 Å². The second kappa shape index (κ2) is 18.0. The third-order valence-corrected chi connectivity index (χ3v) is 15.4. The van der Waals surface area contributed by atoms with Gasteiger partial charge in [0.25, 0.3) is 5.91 Å². The Morgan fingerprint density at radius 1 is 1.00 bits per heavy atom. The topological polar surface area (TPSA) is 195 Å². The molecule has 2 aliphatic heterocycles. The Hall–Kier alpha value is -4.56. The molecule has 354 valence electrons. The average molecular weight is 929 g/mol. The summed E-state index contributed by atoms with van der Waals surface area (Å²) >= 11 is 0. The van der Waals surface area contributed by atoms with E-state index in [-0.39, 0.29) is 44.5 Å². The number of alkyl carbamates (subject to hydrolysis) is 1. The second-order valence-corrected chi connectivity index (χ2v) is 21.0. The lowest BCUT2D eigenvalue weighted by Gasteiger charge is -2.40. The molecule has 0 spiro atoms. The molecule has 0 unspecified atom stereocenters. The maximum absolute atomic E-state index is 15.0. The number of rotatable bonds is 8. The van der Waals surface area contributed by atoms with Crippen LogP contribution in [-0.4, -0.2) is 108 Å². The molecule has 5 aliphatic rings. The predicted octanol–water partition coefficient (Wildman–Crippen LogP) is 5.98. The normalized spacial score (nSPS) is 30.8. The van der Waals surface area contributed by atoms with E-state index < -0.39 is 117 Å². The number of nitrogens with zero attached hydrogens (tertiary/aromatic N) is 3. The molecule has 21 heteroatoms. The van der Waals surface area contributed by atoms with Crippen LogP contribution in [0.2, 0.25) is 0 Å². The van der Waals surface area contributed by atoms with E-state index in [1.54, 1.807) is 45.9 Å². The summed E-state index contributed by atoms with van der Waals surface area (Å²) in [7, 11) is -2.73. The molecule has 3 heterocycles. The third kappa shape index (κ3) is 9.83. The van der Waals surface area contributed by atoms with Gasteiger partial charge in [-0.3, -0.25) is 19.1 Å². The number of amides is 4. The number of ether oxygens (including phenoxy) is 3. The minimum absolute atomic E-state index is 0.0919. The Morgan fingerprint density at radius 3 is 2.34 bits per heavy atom. The van der Waals surface area contributed by atoms with Crippen LogP contribution in [0, 0.1) is 29.1 Å². The van der Waals surface area contributed by atoms with Gasteiger partial charge in [0, 0.05) is 12.0 Å². The quantitative estimate of drug-likeness (QED) is 0.264. The summed E-state index contributed by atoms with van der Waals surface area (Å²) in [6, 6.07) is 2.04. The fourth-order valence-corrected chi connectivity index (χ4v) is 11.1. The summed E-state index contributed by atoms with van der Waals surface area (Å²) in [5.74, 6) is -7.88. The van der Waals surface area contributed by atoms with E-state index >= 15 is 4.79 Å².